The van der Waals surface area contributed by atoms with Crippen molar-refractivity contribution in [1.82, 2.24) is 0 Å². The summed E-state index contributed by atoms with van der Waals surface area (Å²) >= 11 is 0. The number of hydrogen-bond acceptors (Lipinski definition) is 2. The lowest BCUT2D eigenvalue weighted by Gasteiger charge is -2.17. The first-order chi connectivity index (χ1) is 48.8. The molecule has 0 fully saturated rings. The molecule has 2 nitrogen and oxygen atoms in total. The third-order valence-electron chi connectivity index (χ3n) is 17.5. The molecule has 16 aromatic carbocycles. The smallest absolute Gasteiger partial charge is 0.143 e. The molecule has 0 aliphatic carbocycles. The highest BCUT2D eigenvalue weighted by molar-refractivity contribution is 6.25. The Morgan fingerprint density at radius 1 is 0.200 bits per heavy atom. The minimum Gasteiger partial charge on any atom is -0.455 e. The van der Waals surface area contributed by atoms with E-state index < -0.39 is 12.1 Å². The molecule has 0 amide bonds. The summed E-state index contributed by atoms with van der Waals surface area (Å²) in [5.41, 5.74) is 17.5. The number of hydrogen-bond donors (Lipinski definition) is 0. The second-order valence-electron chi connectivity index (χ2n) is 22.5. The normalized spacial score (nSPS) is 13.1. The highest BCUT2D eigenvalue weighted by Crippen LogP contribution is 2.50. The number of fused-ring (bicyclic) bond motifs is 10. The van der Waals surface area contributed by atoms with Gasteiger partial charge in [0.15, 0.2) is 0 Å². The molecule has 0 unspecified atom stereocenters. The summed E-state index contributed by atoms with van der Waals surface area (Å²) in [6.45, 7) is 0. The average Bonchev–Trinajstić information content (AvgIpc) is 0.812. The fourth-order valence-corrected chi connectivity index (χ4v) is 13.7. The molecule has 0 bridgehead atoms. The SMILES string of the molecule is [2H]c1c([2H])c([2H])c(-c2c3ccccc3c(-c3ccc4oc5c(-c6ccccc6)c(-c6ccccc6)ccc5c4c3)c3ccccc23)c([2H])c1[2H].[2H]c1c([2H])c([2H])c(-c2c3ccccc3c(-c3ccc4oc5c(-c6ccccc6)ccc(-c6ccccc6)c5c4c3)c3ccccc23)c([2H])c1[2H]. The molecule has 0 saturated heterocycles. The Hall–Kier alpha value is -11.8. The van der Waals surface area contributed by atoms with Gasteiger partial charge in [0.2, 0.25) is 0 Å². The van der Waals surface area contributed by atoms with Gasteiger partial charge < -0.3 is 8.83 Å². The predicted octanol–water partition coefficient (Wildman–Crippen LogP) is 25.1. The zero-order valence-corrected chi connectivity index (χ0v) is 48.4. The summed E-state index contributed by atoms with van der Waals surface area (Å²) in [5, 5.41) is 11.0. The molecule has 0 aliphatic rings. The van der Waals surface area contributed by atoms with Crippen LogP contribution in [0.3, 0.4) is 0 Å². The van der Waals surface area contributed by atoms with Gasteiger partial charge in [-0.05, 0) is 157 Å². The van der Waals surface area contributed by atoms with Gasteiger partial charge in [0, 0.05) is 32.7 Å². The Labute approximate surface area is 535 Å². The minimum atomic E-state index is -0.403. The summed E-state index contributed by atoms with van der Waals surface area (Å²) in [6.07, 6.45) is 0. The maximum atomic E-state index is 8.88. The first kappa shape index (κ1) is 42.9. The Bertz CT molecular complexity index is 6210. The van der Waals surface area contributed by atoms with Crippen molar-refractivity contribution in [3.05, 3.63) is 339 Å². The molecule has 18 rings (SSSR count). The molecule has 2 heteroatoms. The predicted molar refractivity (Wildman–Crippen MR) is 381 cm³/mol. The van der Waals surface area contributed by atoms with Gasteiger partial charge >= 0.3 is 0 Å². The second kappa shape index (κ2) is 22.1. The van der Waals surface area contributed by atoms with Crippen LogP contribution in [-0.4, -0.2) is 0 Å². The number of rotatable bonds is 8. The molecule has 0 N–H and O–H groups in total. The van der Waals surface area contributed by atoms with E-state index in [2.05, 4.69) is 133 Å². The molecule has 420 valence electrons. The van der Waals surface area contributed by atoms with E-state index in [-0.39, 0.29) is 59.5 Å². The lowest BCUT2D eigenvalue weighted by Crippen LogP contribution is -1.90. The van der Waals surface area contributed by atoms with Gasteiger partial charge in [0.05, 0.1) is 13.7 Å². The van der Waals surface area contributed by atoms with Crippen LogP contribution in [-0.2, 0) is 0 Å². The highest BCUT2D eigenvalue weighted by Gasteiger charge is 2.23. The average molecular weight is 1160 g/mol. The van der Waals surface area contributed by atoms with Crippen LogP contribution in [0.4, 0.5) is 0 Å². The second-order valence-corrected chi connectivity index (χ2v) is 22.5. The van der Waals surface area contributed by atoms with E-state index in [1.807, 2.05) is 146 Å². The van der Waals surface area contributed by atoms with E-state index in [0.717, 1.165) is 154 Å². The van der Waals surface area contributed by atoms with Crippen LogP contribution >= 0.6 is 0 Å². The van der Waals surface area contributed by atoms with Crippen LogP contribution in [0.5, 0.6) is 0 Å². The fourth-order valence-electron chi connectivity index (χ4n) is 13.7. The van der Waals surface area contributed by atoms with Crippen LogP contribution in [0.2, 0.25) is 0 Å². The van der Waals surface area contributed by atoms with Crippen LogP contribution < -0.4 is 0 Å². The molecule has 90 heavy (non-hydrogen) atoms. The summed E-state index contributed by atoms with van der Waals surface area (Å²) in [5.74, 6) is 0. The van der Waals surface area contributed by atoms with Gasteiger partial charge in [-0.25, -0.2) is 0 Å². The van der Waals surface area contributed by atoms with E-state index in [4.69, 9.17) is 22.5 Å². The van der Waals surface area contributed by atoms with Gasteiger partial charge in [0.25, 0.3) is 0 Å². The van der Waals surface area contributed by atoms with Crippen molar-refractivity contribution in [2.24, 2.45) is 0 Å². The Morgan fingerprint density at radius 3 is 0.978 bits per heavy atom. The first-order valence-electron chi connectivity index (χ1n) is 35.1. The monoisotopic (exact) mass is 1150 g/mol. The molecule has 0 radical (unpaired) electrons. The maximum absolute atomic E-state index is 8.88. The molecule has 18 aromatic rings. The van der Waals surface area contributed by atoms with Gasteiger partial charge in [-0.2, -0.15) is 0 Å². The van der Waals surface area contributed by atoms with E-state index in [1.165, 1.54) is 0 Å². The van der Waals surface area contributed by atoms with Crippen molar-refractivity contribution in [3.63, 3.8) is 0 Å². The molecule has 0 aliphatic heterocycles. The minimum absolute atomic E-state index is 0.201. The van der Waals surface area contributed by atoms with Crippen LogP contribution in [0, 0.1) is 0 Å². The van der Waals surface area contributed by atoms with Crippen molar-refractivity contribution in [3.8, 4) is 89.0 Å². The third kappa shape index (κ3) is 8.88. The molecule has 0 saturated carbocycles. The zero-order valence-electron chi connectivity index (χ0n) is 58.4. The summed E-state index contributed by atoms with van der Waals surface area (Å²) in [7, 11) is 0. The van der Waals surface area contributed by atoms with E-state index in [0.29, 0.717) is 11.1 Å². The Morgan fingerprint density at radius 2 is 0.533 bits per heavy atom. The molecule has 2 aromatic heterocycles. The molecule has 0 atom stereocenters. The topological polar surface area (TPSA) is 26.3 Å². The molecule has 2 heterocycles. The van der Waals surface area contributed by atoms with E-state index >= 15 is 0 Å². The van der Waals surface area contributed by atoms with Crippen LogP contribution in [0.15, 0.2) is 348 Å². The standard InChI is InChI=1S/2C44H28O/c1-4-14-29(15-5-1)33-25-26-34(30-16-6-2-7-17-30)44-43(33)39-28-32(24-27-40(39)45-44)42-37-22-12-10-20-35(37)41(31-18-8-3-9-19-31)36-21-11-13-23-38(36)42;1-4-14-29(15-5-1)33-25-26-38-39-28-32(24-27-40(39)45-44(38)43(33)31-18-8-3-9-19-31)42-36-22-12-10-20-34(36)41(30-16-6-2-7-17-30)35-21-11-13-23-37(35)42/h2*1-28H/i3D,8D,9D,18D,19D;2D,6D,7D,16D,17D. The van der Waals surface area contributed by atoms with Crippen LogP contribution in [0.25, 0.3) is 176 Å². The summed E-state index contributed by atoms with van der Waals surface area (Å²) in [6, 6.07) is 91.4. The van der Waals surface area contributed by atoms with Crippen molar-refractivity contribution in [2.75, 3.05) is 0 Å². The van der Waals surface area contributed by atoms with Crippen LogP contribution in [0.1, 0.15) is 13.7 Å². The quantitative estimate of drug-likeness (QED) is 0.142. The van der Waals surface area contributed by atoms with Gasteiger partial charge in [-0.3, -0.25) is 0 Å². The van der Waals surface area contributed by atoms with E-state index in [1.54, 1.807) is 0 Å². The third-order valence-corrected chi connectivity index (χ3v) is 17.5. The summed E-state index contributed by atoms with van der Waals surface area (Å²) < 4.78 is 99.0. The van der Waals surface area contributed by atoms with E-state index in [9.17, 15) is 0 Å². The fraction of sp³-hybridized carbons (Fsp3) is 0. The Balaban J connectivity index is 0.000000150. The first-order valence-corrected chi connectivity index (χ1v) is 30.1. The molecule has 0 spiro atoms. The summed E-state index contributed by atoms with van der Waals surface area (Å²) in [4.78, 5) is 0. The number of benzene rings is 16. The zero-order chi connectivity index (χ0) is 68.2. The van der Waals surface area contributed by atoms with Crippen molar-refractivity contribution in [1.29, 1.82) is 0 Å². The highest BCUT2D eigenvalue weighted by atomic mass is 16.3. The van der Waals surface area contributed by atoms with Crippen molar-refractivity contribution < 1.29 is 22.5 Å². The lowest BCUT2D eigenvalue weighted by atomic mass is 9.85. The number of furan rings is 2. The Kier molecular flexibility index (Phi) is 10.6. The van der Waals surface area contributed by atoms with Crippen molar-refractivity contribution in [2.45, 2.75) is 0 Å². The molecular weight excluding hydrogens is 1090 g/mol. The van der Waals surface area contributed by atoms with Gasteiger partial charge in [-0.1, -0.05) is 303 Å². The van der Waals surface area contributed by atoms with Crippen molar-refractivity contribution >= 4 is 87.0 Å². The van der Waals surface area contributed by atoms with Gasteiger partial charge in [-0.15, -0.1) is 0 Å². The largest absolute Gasteiger partial charge is 0.455 e. The lowest BCUT2D eigenvalue weighted by molar-refractivity contribution is 0.670. The maximum Gasteiger partial charge on any atom is 0.143 e. The molecular formula is C88H56O2. The van der Waals surface area contributed by atoms with Gasteiger partial charge in [0.1, 0.15) is 22.3 Å².